The summed E-state index contributed by atoms with van der Waals surface area (Å²) in [5, 5.41) is 0.463. The lowest BCUT2D eigenvalue weighted by Gasteiger charge is -2.07. The van der Waals surface area contributed by atoms with Crippen LogP contribution in [-0.2, 0) is 17.7 Å². The Labute approximate surface area is 154 Å². The highest BCUT2D eigenvalue weighted by Crippen LogP contribution is 2.23. The second kappa shape index (κ2) is 7.70. The second-order valence-corrected chi connectivity index (χ2v) is 7.13. The molecular weight excluding hydrogens is 352 g/mol. The lowest BCUT2D eigenvalue weighted by molar-refractivity contribution is 0.0501. The van der Waals surface area contributed by atoms with E-state index in [9.17, 15) is 14.4 Å². The van der Waals surface area contributed by atoms with Crippen LogP contribution in [0.1, 0.15) is 33.5 Å². The lowest BCUT2D eigenvalue weighted by Crippen LogP contribution is -2.35. The summed E-state index contributed by atoms with van der Waals surface area (Å²) in [5.41, 5.74) is 0.822. The standard InChI is InChI=1S/C19H20N2O4S/c1-3-15-12(2)11-16(26-15)18(23)25-10-6-9-21-17(22)13-7-4-5-8-14(13)20-19(21)24/h4-5,7-8,11H,3,6,9-10H2,1-2H3,(H,20,24). The number of hydrogen-bond acceptors (Lipinski definition) is 5. The van der Waals surface area contributed by atoms with Crippen molar-refractivity contribution in [3.8, 4) is 0 Å². The Morgan fingerprint density at radius 2 is 2.04 bits per heavy atom. The summed E-state index contributed by atoms with van der Waals surface area (Å²) in [4.78, 5) is 41.0. The fourth-order valence-electron chi connectivity index (χ4n) is 2.83. The van der Waals surface area contributed by atoms with Gasteiger partial charge in [-0.25, -0.2) is 9.59 Å². The minimum absolute atomic E-state index is 0.149. The van der Waals surface area contributed by atoms with Crippen LogP contribution in [0.5, 0.6) is 0 Å². The fraction of sp³-hybridized carbons (Fsp3) is 0.316. The number of nitrogens with zero attached hydrogens (tertiary/aromatic N) is 1. The minimum Gasteiger partial charge on any atom is -0.461 e. The largest absolute Gasteiger partial charge is 0.461 e. The Hall–Kier alpha value is -2.67. The normalized spacial score (nSPS) is 11.0. The molecular formula is C19H20N2O4S. The summed E-state index contributed by atoms with van der Waals surface area (Å²) in [6.07, 6.45) is 1.27. The molecule has 0 saturated carbocycles. The topological polar surface area (TPSA) is 81.2 Å². The van der Waals surface area contributed by atoms with Gasteiger partial charge in [0.15, 0.2) is 0 Å². The SMILES string of the molecule is CCc1sc(C(=O)OCCCn2c(=O)[nH]c3ccccc3c2=O)cc1C. The first-order chi connectivity index (χ1) is 12.5. The molecule has 0 radical (unpaired) electrons. The molecule has 0 bridgehead atoms. The average Bonchev–Trinajstić information content (AvgIpc) is 3.01. The molecule has 0 fully saturated rings. The summed E-state index contributed by atoms with van der Waals surface area (Å²) in [5.74, 6) is -0.363. The third-order valence-electron chi connectivity index (χ3n) is 4.19. The molecule has 0 aliphatic heterocycles. The van der Waals surface area contributed by atoms with E-state index >= 15 is 0 Å². The van der Waals surface area contributed by atoms with Gasteiger partial charge in [-0.2, -0.15) is 0 Å². The number of nitrogens with one attached hydrogen (secondary N) is 1. The predicted octanol–water partition coefficient (Wildman–Crippen LogP) is 2.87. The zero-order chi connectivity index (χ0) is 18.7. The van der Waals surface area contributed by atoms with E-state index in [1.54, 1.807) is 24.3 Å². The quantitative estimate of drug-likeness (QED) is 0.533. The number of carbonyl (C=O) groups is 1. The van der Waals surface area contributed by atoms with Crippen molar-refractivity contribution in [2.45, 2.75) is 33.2 Å². The van der Waals surface area contributed by atoms with Crippen LogP contribution in [0.3, 0.4) is 0 Å². The molecule has 0 unspecified atom stereocenters. The molecule has 3 rings (SSSR count). The van der Waals surface area contributed by atoms with Gasteiger partial charge < -0.3 is 9.72 Å². The van der Waals surface area contributed by atoms with Gasteiger partial charge in [-0.15, -0.1) is 11.3 Å². The number of ether oxygens (including phenoxy) is 1. The number of esters is 1. The maximum atomic E-state index is 12.4. The van der Waals surface area contributed by atoms with Crippen LogP contribution in [0.15, 0.2) is 39.9 Å². The van der Waals surface area contributed by atoms with E-state index in [1.165, 1.54) is 16.2 Å². The number of aromatic nitrogens is 2. The van der Waals surface area contributed by atoms with Crippen LogP contribution < -0.4 is 11.2 Å². The van der Waals surface area contributed by atoms with Crippen LogP contribution in [0.4, 0.5) is 0 Å². The first-order valence-electron chi connectivity index (χ1n) is 8.49. The molecule has 0 spiro atoms. The molecule has 1 N–H and O–H groups in total. The van der Waals surface area contributed by atoms with Gasteiger partial charge >= 0.3 is 11.7 Å². The number of benzene rings is 1. The van der Waals surface area contributed by atoms with E-state index in [0.29, 0.717) is 22.2 Å². The molecule has 26 heavy (non-hydrogen) atoms. The molecule has 136 valence electrons. The summed E-state index contributed by atoms with van der Waals surface area (Å²) < 4.78 is 6.41. The van der Waals surface area contributed by atoms with Crippen molar-refractivity contribution in [2.75, 3.05) is 6.61 Å². The van der Waals surface area contributed by atoms with E-state index in [0.717, 1.165) is 16.6 Å². The second-order valence-electron chi connectivity index (χ2n) is 5.99. The summed E-state index contributed by atoms with van der Waals surface area (Å²) in [6.45, 7) is 4.36. The Bertz CT molecular complexity index is 1060. The maximum Gasteiger partial charge on any atom is 0.348 e. The smallest absolute Gasteiger partial charge is 0.348 e. The Kier molecular flexibility index (Phi) is 5.37. The van der Waals surface area contributed by atoms with Gasteiger partial charge in [0.25, 0.3) is 5.56 Å². The molecule has 2 heterocycles. The number of H-pyrrole nitrogens is 1. The lowest BCUT2D eigenvalue weighted by atomic mass is 10.2. The van der Waals surface area contributed by atoms with E-state index in [1.807, 2.05) is 19.9 Å². The van der Waals surface area contributed by atoms with Crippen LogP contribution in [0.25, 0.3) is 10.9 Å². The summed E-state index contributed by atoms with van der Waals surface area (Å²) in [6, 6.07) is 8.72. The zero-order valence-corrected chi connectivity index (χ0v) is 15.5. The Morgan fingerprint density at radius 1 is 1.27 bits per heavy atom. The van der Waals surface area contributed by atoms with Gasteiger partial charge in [-0.1, -0.05) is 19.1 Å². The van der Waals surface area contributed by atoms with Crippen LogP contribution >= 0.6 is 11.3 Å². The van der Waals surface area contributed by atoms with Crippen molar-refractivity contribution in [1.82, 2.24) is 9.55 Å². The number of aromatic amines is 1. The van der Waals surface area contributed by atoms with Crippen LogP contribution in [0, 0.1) is 6.92 Å². The highest BCUT2D eigenvalue weighted by Gasteiger charge is 2.13. The summed E-state index contributed by atoms with van der Waals surface area (Å²) >= 11 is 1.44. The molecule has 6 nitrogen and oxygen atoms in total. The molecule has 0 saturated heterocycles. The molecule has 0 aliphatic carbocycles. The van der Waals surface area contributed by atoms with Gasteiger partial charge in [0.2, 0.25) is 0 Å². The molecule has 0 aliphatic rings. The molecule has 2 aromatic heterocycles. The number of para-hydroxylation sites is 1. The van der Waals surface area contributed by atoms with Gasteiger partial charge in [0.1, 0.15) is 4.88 Å². The van der Waals surface area contributed by atoms with Crippen molar-refractivity contribution in [2.24, 2.45) is 0 Å². The van der Waals surface area contributed by atoms with Gasteiger partial charge in [0.05, 0.1) is 17.5 Å². The van der Waals surface area contributed by atoms with Crippen molar-refractivity contribution < 1.29 is 9.53 Å². The zero-order valence-electron chi connectivity index (χ0n) is 14.7. The molecule has 7 heteroatoms. The van der Waals surface area contributed by atoms with Gasteiger partial charge in [-0.3, -0.25) is 9.36 Å². The third-order valence-corrected chi connectivity index (χ3v) is 5.55. The van der Waals surface area contributed by atoms with E-state index in [2.05, 4.69) is 4.98 Å². The van der Waals surface area contributed by atoms with Crippen molar-refractivity contribution in [1.29, 1.82) is 0 Å². The van der Waals surface area contributed by atoms with Crippen molar-refractivity contribution in [3.05, 3.63) is 66.5 Å². The maximum absolute atomic E-state index is 12.4. The molecule has 0 amide bonds. The Balaban J connectivity index is 1.63. The third kappa shape index (κ3) is 3.62. The Morgan fingerprint density at radius 3 is 2.77 bits per heavy atom. The first-order valence-corrected chi connectivity index (χ1v) is 9.31. The minimum atomic E-state index is -0.457. The fourth-order valence-corrected chi connectivity index (χ4v) is 3.84. The number of rotatable bonds is 6. The predicted molar refractivity (Wildman–Crippen MR) is 102 cm³/mol. The van der Waals surface area contributed by atoms with Gasteiger partial charge in [0, 0.05) is 11.4 Å². The number of aryl methyl sites for hydroxylation is 2. The van der Waals surface area contributed by atoms with E-state index in [-0.39, 0.29) is 24.7 Å². The monoisotopic (exact) mass is 372 g/mol. The van der Waals surface area contributed by atoms with Crippen LogP contribution in [0.2, 0.25) is 0 Å². The highest BCUT2D eigenvalue weighted by atomic mass is 32.1. The number of fused-ring (bicyclic) bond motifs is 1. The molecule has 0 atom stereocenters. The highest BCUT2D eigenvalue weighted by molar-refractivity contribution is 7.14. The first kappa shape index (κ1) is 18.1. The molecule has 1 aromatic carbocycles. The number of hydrogen-bond donors (Lipinski definition) is 1. The van der Waals surface area contributed by atoms with Crippen LogP contribution in [-0.4, -0.2) is 22.1 Å². The van der Waals surface area contributed by atoms with E-state index in [4.69, 9.17) is 4.74 Å². The number of thiophene rings is 1. The van der Waals surface area contributed by atoms with E-state index < -0.39 is 5.69 Å². The summed E-state index contributed by atoms with van der Waals surface area (Å²) in [7, 11) is 0. The number of carbonyl (C=O) groups excluding carboxylic acids is 1. The van der Waals surface area contributed by atoms with Crippen molar-refractivity contribution >= 4 is 28.2 Å². The molecule has 3 aromatic rings. The average molecular weight is 372 g/mol. The van der Waals surface area contributed by atoms with Crippen molar-refractivity contribution in [3.63, 3.8) is 0 Å². The van der Waals surface area contributed by atoms with Gasteiger partial charge in [-0.05, 0) is 43.5 Å².